The Hall–Kier alpha value is -1.95. The van der Waals surface area contributed by atoms with E-state index in [0.29, 0.717) is 5.56 Å². The second-order valence-corrected chi connectivity index (χ2v) is 5.52. The minimum Gasteiger partial charge on any atom is -0.459 e. The van der Waals surface area contributed by atoms with Gasteiger partial charge in [-0.05, 0) is 27.7 Å². The highest BCUT2D eigenvalue weighted by molar-refractivity contribution is 5.75. The predicted molar refractivity (Wildman–Crippen MR) is 75.2 cm³/mol. The van der Waals surface area contributed by atoms with Gasteiger partial charge in [0.15, 0.2) is 0 Å². The molecule has 1 atom stereocenters. The SMILES string of the molecule is CC(NCc1ccccc1[N+](=O)[O-])C(=O)OC(C)(C)C. The molecule has 0 spiro atoms. The van der Waals surface area contributed by atoms with Crippen LogP contribution in [0.1, 0.15) is 33.3 Å². The number of hydrogen-bond acceptors (Lipinski definition) is 5. The first-order valence-electron chi connectivity index (χ1n) is 6.39. The van der Waals surface area contributed by atoms with Crippen molar-refractivity contribution in [2.75, 3.05) is 0 Å². The molecular weight excluding hydrogens is 260 g/mol. The van der Waals surface area contributed by atoms with Crippen LogP contribution in [-0.4, -0.2) is 22.5 Å². The fraction of sp³-hybridized carbons (Fsp3) is 0.500. The maximum absolute atomic E-state index is 11.8. The Morgan fingerprint density at radius 3 is 2.55 bits per heavy atom. The van der Waals surface area contributed by atoms with Gasteiger partial charge in [0, 0.05) is 18.2 Å². The van der Waals surface area contributed by atoms with E-state index in [1.807, 2.05) is 0 Å². The zero-order valence-electron chi connectivity index (χ0n) is 12.2. The normalized spacial score (nSPS) is 12.8. The quantitative estimate of drug-likeness (QED) is 0.509. The van der Waals surface area contributed by atoms with E-state index in [-0.39, 0.29) is 18.2 Å². The standard InChI is InChI=1S/C14H20N2O4/c1-10(13(17)20-14(2,3)4)15-9-11-7-5-6-8-12(11)16(18)19/h5-8,10,15H,9H2,1-4H3. The minimum absolute atomic E-state index is 0.0383. The third-order valence-electron chi connectivity index (χ3n) is 2.55. The van der Waals surface area contributed by atoms with Crippen molar-refractivity contribution in [1.82, 2.24) is 5.32 Å². The molecule has 0 bridgehead atoms. The van der Waals surface area contributed by atoms with Gasteiger partial charge in [0.05, 0.1) is 4.92 Å². The van der Waals surface area contributed by atoms with Gasteiger partial charge in [-0.15, -0.1) is 0 Å². The molecule has 0 saturated heterocycles. The van der Waals surface area contributed by atoms with Gasteiger partial charge in [-0.3, -0.25) is 14.9 Å². The average Bonchev–Trinajstić information content (AvgIpc) is 2.34. The number of carbonyl (C=O) groups excluding carboxylic acids is 1. The summed E-state index contributed by atoms with van der Waals surface area (Å²) in [7, 11) is 0. The first-order chi connectivity index (χ1) is 9.20. The van der Waals surface area contributed by atoms with Gasteiger partial charge in [-0.2, -0.15) is 0 Å². The van der Waals surface area contributed by atoms with Crippen LogP contribution in [0.2, 0.25) is 0 Å². The van der Waals surface area contributed by atoms with Gasteiger partial charge in [0.2, 0.25) is 0 Å². The molecule has 0 fully saturated rings. The molecule has 0 amide bonds. The van der Waals surface area contributed by atoms with Crippen LogP contribution in [0.25, 0.3) is 0 Å². The summed E-state index contributed by atoms with van der Waals surface area (Å²) in [6.45, 7) is 7.28. The third-order valence-corrected chi connectivity index (χ3v) is 2.55. The van der Waals surface area contributed by atoms with Gasteiger partial charge >= 0.3 is 5.97 Å². The number of esters is 1. The predicted octanol–water partition coefficient (Wildman–Crippen LogP) is 2.41. The summed E-state index contributed by atoms with van der Waals surface area (Å²) in [5, 5.41) is 13.8. The highest BCUT2D eigenvalue weighted by Gasteiger charge is 2.22. The highest BCUT2D eigenvalue weighted by Crippen LogP contribution is 2.17. The van der Waals surface area contributed by atoms with Crippen LogP contribution in [-0.2, 0) is 16.1 Å². The molecule has 1 aromatic rings. The molecule has 0 saturated carbocycles. The monoisotopic (exact) mass is 280 g/mol. The van der Waals surface area contributed by atoms with Crippen LogP contribution in [0.15, 0.2) is 24.3 Å². The average molecular weight is 280 g/mol. The van der Waals surface area contributed by atoms with E-state index in [2.05, 4.69) is 5.32 Å². The van der Waals surface area contributed by atoms with Crippen LogP contribution in [0.5, 0.6) is 0 Å². The molecular formula is C14H20N2O4. The number of benzene rings is 1. The van der Waals surface area contributed by atoms with Crippen LogP contribution < -0.4 is 5.32 Å². The van der Waals surface area contributed by atoms with Crippen molar-refractivity contribution in [1.29, 1.82) is 0 Å². The molecule has 0 aromatic heterocycles. The molecule has 6 heteroatoms. The zero-order valence-corrected chi connectivity index (χ0v) is 12.2. The van der Waals surface area contributed by atoms with E-state index in [0.717, 1.165) is 0 Å². The van der Waals surface area contributed by atoms with Gasteiger partial charge in [0.1, 0.15) is 11.6 Å². The number of hydrogen-bond donors (Lipinski definition) is 1. The summed E-state index contributed by atoms with van der Waals surface area (Å²) >= 11 is 0. The molecule has 1 N–H and O–H groups in total. The Kier molecular flexibility index (Phi) is 5.21. The molecule has 0 heterocycles. The zero-order chi connectivity index (χ0) is 15.3. The molecule has 20 heavy (non-hydrogen) atoms. The van der Waals surface area contributed by atoms with Crippen molar-refractivity contribution < 1.29 is 14.5 Å². The number of nitrogens with zero attached hydrogens (tertiary/aromatic N) is 1. The lowest BCUT2D eigenvalue weighted by Crippen LogP contribution is -2.38. The van der Waals surface area contributed by atoms with E-state index >= 15 is 0 Å². The van der Waals surface area contributed by atoms with Crippen molar-refractivity contribution in [3.05, 3.63) is 39.9 Å². The fourth-order valence-corrected chi connectivity index (χ4v) is 1.57. The van der Waals surface area contributed by atoms with E-state index in [1.54, 1.807) is 45.9 Å². The largest absolute Gasteiger partial charge is 0.459 e. The molecule has 0 radical (unpaired) electrons. The van der Waals surface area contributed by atoms with Gasteiger partial charge in [0.25, 0.3) is 5.69 Å². The van der Waals surface area contributed by atoms with Crippen LogP contribution in [0.3, 0.4) is 0 Å². The first-order valence-corrected chi connectivity index (χ1v) is 6.39. The van der Waals surface area contributed by atoms with Crippen molar-refractivity contribution in [2.45, 2.75) is 45.9 Å². The van der Waals surface area contributed by atoms with Crippen molar-refractivity contribution in [3.8, 4) is 0 Å². The second kappa shape index (κ2) is 6.47. The Balaban J connectivity index is 2.64. The number of para-hydroxylation sites is 1. The molecule has 1 rings (SSSR count). The Labute approximate surface area is 118 Å². The van der Waals surface area contributed by atoms with Crippen molar-refractivity contribution in [3.63, 3.8) is 0 Å². The topological polar surface area (TPSA) is 81.5 Å². The number of nitro groups is 1. The summed E-state index contributed by atoms with van der Waals surface area (Å²) < 4.78 is 5.23. The van der Waals surface area contributed by atoms with E-state index in [1.165, 1.54) is 6.07 Å². The van der Waals surface area contributed by atoms with Crippen LogP contribution >= 0.6 is 0 Å². The van der Waals surface area contributed by atoms with E-state index in [4.69, 9.17) is 4.74 Å². The summed E-state index contributed by atoms with van der Waals surface area (Å²) in [4.78, 5) is 22.2. The summed E-state index contributed by atoms with van der Waals surface area (Å²) in [6.07, 6.45) is 0. The summed E-state index contributed by atoms with van der Waals surface area (Å²) in [6, 6.07) is 5.90. The maximum atomic E-state index is 11.8. The molecule has 1 aromatic carbocycles. The first kappa shape index (κ1) is 16.1. The smallest absolute Gasteiger partial charge is 0.323 e. The molecule has 0 aliphatic carbocycles. The fourth-order valence-electron chi connectivity index (χ4n) is 1.57. The Bertz CT molecular complexity index is 494. The van der Waals surface area contributed by atoms with E-state index < -0.39 is 16.6 Å². The number of rotatable bonds is 5. The Morgan fingerprint density at radius 2 is 2.00 bits per heavy atom. The summed E-state index contributed by atoms with van der Waals surface area (Å²) in [5.74, 6) is -0.379. The molecule has 1 unspecified atom stereocenters. The minimum atomic E-state index is -0.550. The van der Waals surface area contributed by atoms with Gasteiger partial charge in [-0.1, -0.05) is 18.2 Å². The molecule has 0 aliphatic heterocycles. The molecule has 110 valence electrons. The number of nitro benzene ring substituents is 1. The number of nitrogens with one attached hydrogen (secondary N) is 1. The van der Waals surface area contributed by atoms with Crippen LogP contribution in [0.4, 0.5) is 5.69 Å². The van der Waals surface area contributed by atoms with Gasteiger partial charge in [-0.25, -0.2) is 0 Å². The van der Waals surface area contributed by atoms with E-state index in [9.17, 15) is 14.9 Å². The lowest BCUT2D eigenvalue weighted by atomic mass is 10.1. The van der Waals surface area contributed by atoms with Crippen molar-refractivity contribution in [2.24, 2.45) is 0 Å². The number of ether oxygens (including phenoxy) is 1. The third kappa shape index (κ3) is 4.97. The second-order valence-electron chi connectivity index (χ2n) is 5.52. The lowest BCUT2D eigenvalue weighted by Gasteiger charge is -2.22. The number of carbonyl (C=O) groups is 1. The van der Waals surface area contributed by atoms with Crippen molar-refractivity contribution >= 4 is 11.7 Å². The van der Waals surface area contributed by atoms with Gasteiger partial charge < -0.3 is 10.1 Å². The summed E-state index contributed by atoms with van der Waals surface area (Å²) in [5.41, 5.74) is 0.0236. The maximum Gasteiger partial charge on any atom is 0.323 e. The highest BCUT2D eigenvalue weighted by atomic mass is 16.6. The molecule has 0 aliphatic rings. The molecule has 6 nitrogen and oxygen atoms in total. The van der Waals surface area contributed by atoms with Crippen LogP contribution in [0, 0.1) is 10.1 Å². The lowest BCUT2D eigenvalue weighted by molar-refractivity contribution is -0.385. The Morgan fingerprint density at radius 1 is 1.40 bits per heavy atom.